The molecular formula is C21H18F3N5O. The van der Waals surface area contributed by atoms with E-state index in [1.54, 1.807) is 18.5 Å². The number of hydrogen-bond donors (Lipinski definition) is 2. The van der Waals surface area contributed by atoms with Gasteiger partial charge in [-0.15, -0.1) is 13.2 Å². The summed E-state index contributed by atoms with van der Waals surface area (Å²) < 4.78 is 41.0. The second-order valence-electron chi connectivity index (χ2n) is 6.86. The fraction of sp³-hybridized carbons (Fsp3) is 0.190. The van der Waals surface area contributed by atoms with Crippen LogP contribution < -0.4 is 10.1 Å². The molecule has 9 heteroatoms. The molecular weight excluding hydrogens is 395 g/mol. The number of rotatable bonds is 6. The molecule has 4 rings (SSSR count). The lowest BCUT2D eigenvalue weighted by atomic mass is 10.1. The van der Waals surface area contributed by atoms with E-state index in [9.17, 15) is 13.2 Å². The van der Waals surface area contributed by atoms with Gasteiger partial charge in [-0.25, -0.2) is 15.0 Å². The number of H-pyrrole nitrogens is 1. The number of benzene rings is 1. The van der Waals surface area contributed by atoms with Crippen LogP contribution in [0, 0.1) is 6.92 Å². The quantitative estimate of drug-likeness (QED) is 0.477. The summed E-state index contributed by atoms with van der Waals surface area (Å²) in [6.07, 6.45) is 3.13. The van der Waals surface area contributed by atoms with Gasteiger partial charge in [-0.2, -0.15) is 0 Å². The average Bonchev–Trinajstić information content (AvgIpc) is 3.08. The fourth-order valence-electron chi connectivity index (χ4n) is 3.10. The lowest BCUT2D eigenvalue weighted by Gasteiger charge is -2.10. The fourth-order valence-corrected chi connectivity index (χ4v) is 3.10. The van der Waals surface area contributed by atoms with Crippen LogP contribution >= 0.6 is 0 Å². The number of alkyl halides is 3. The molecule has 0 radical (unpaired) electrons. The van der Waals surface area contributed by atoms with Crippen LogP contribution in [0.1, 0.15) is 22.3 Å². The zero-order valence-corrected chi connectivity index (χ0v) is 16.0. The summed E-state index contributed by atoms with van der Waals surface area (Å²) in [6.45, 7) is 2.26. The lowest BCUT2D eigenvalue weighted by molar-refractivity contribution is -0.274. The molecule has 3 aromatic heterocycles. The minimum absolute atomic E-state index is 0.262. The first-order valence-corrected chi connectivity index (χ1v) is 9.18. The molecule has 2 N–H and O–H groups in total. The molecule has 4 aromatic rings. The highest BCUT2D eigenvalue weighted by Gasteiger charge is 2.31. The number of anilines is 1. The van der Waals surface area contributed by atoms with Crippen molar-refractivity contribution in [1.29, 1.82) is 0 Å². The van der Waals surface area contributed by atoms with E-state index in [1.807, 2.05) is 19.3 Å². The Hall–Kier alpha value is -3.62. The van der Waals surface area contributed by atoms with Gasteiger partial charge in [0.2, 0.25) is 5.95 Å². The molecule has 3 heterocycles. The number of aromatic amines is 1. The maximum absolute atomic E-state index is 12.3. The Labute approximate surface area is 170 Å². The molecule has 154 valence electrons. The van der Waals surface area contributed by atoms with Crippen molar-refractivity contribution in [3.8, 4) is 5.75 Å². The number of fused-ring (bicyclic) bond motifs is 1. The number of hydrogen-bond acceptors (Lipinski definition) is 5. The van der Waals surface area contributed by atoms with Crippen LogP contribution in [0.4, 0.5) is 19.1 Å². The van der Waals surface area contributed by atoms with Crippen LogP contribution in [-0.2, 0) is 13.0 Å². The summed E-state index contributed by atoms with van der Waals surface area (Å²) in [6, 6.07) is 7.85. The normalized spacial score (nSPS) is 11.6. The third-order valence-electron chi connectivity index (χ3n) is 4.44. The second kappa shape index (κ2) is 8.02. The number of halogens is 3. The highest BCUT2D eigenvalue weighted by atomic mass is 19.4. The summed E-state index contributed by atoms with van der Waals surface area (Å²) in [4.78, 5) is 16.1. The van der Waals surface area contributed by atoms with E-state index >= 15 is 0 Å². The van der Waals surface area contributed by atoms with Crippen molar-refractivity contribution < 1.29 is 17.9 Å². The Morgan fingerprint density at radius 1 is 1.03 bits per heavy atom. The predicted octanol–water partition coefficient (Wildman–Crippen LogP) is 4.76. The van der Waals surface area contributed by atoms with E-state index < -0.39 is 6.36 Å². The van der Waals surface area contributed by atoms with Crippen LogP contribution in [0.2, 0.25) is 0 Å². The highest BCUT2D eigenvalue weighted by Crippen LogP contribution is 2.24. The van der Waals surface area contributed by atoms with E-state index in [1.165, 1.54) is 18.2 Å². The third-order valence-corrected chi connectivity index (χ3v) is 4.44. The van der Waals surface area contributed by atoms with Crippen molar-refractivity contribution in [1.82, 2.24) is 19.9 Å². The Morgan fingerprint density at radius 2 is 1.83 bits per heavy atom. The van der Waals surface area contributed by atoms with Crippen molar-refractivity contribution in [2.24, 2.45) is 0 Å². The minimum Gasteiger partial charge on any atom is -0.406 e. The maximum atomic E-state index is 12.3. The highest BCUT2D eigenvalue weighted by molar-refractivity contribution is 5.80. The van der Waals surface area contributed by atoms with Crippen LogP contribution in [0.3, 0.4) is 0 Å². The first kappa shape index (κ1) is 19.7. The second-order valence-corrected chi connectivity index (χ2v) is 6.86. The van der Waals surface area contributed by atoms with E-state index in [0.29, 0.717) is 17.9 Å². The number of ether oxygens (including phenoxy) is 1. The molecule has 0 spiro atoms. The maximum Gasteiger partial charge on any atom is 0.573 e. The number of nitrogens with zero attached hydrogens (tertiary/aromatic N) is 3. The molecule has 0 bridgehead atoms. The molecule has 0 unspecified atom stereocenters. The van der Waals surface area contributed by atoms with Crippen molar-refractivity contribution in [2.45, 2.75) is 26.3 Å². The first-order chi connectivity index (χ1) is 14.4. The van der Waals surface area contributed by atoms with E-state index in [0.717, 1.165) is 27.7 Å². The molecule has 0 amide bonds. The van der Waals surface area contributed by atoms with E-state index in [2.05, 4.69) is 36.1 Å². The van der Waals surface area contributed by atoms with E-state index in [-0.39, 0.29) is 12.3 Å². The predicted molar refractivity (Wildman–Crippen MR) is 106 cm³/mol. The van der Waals surface area contributed by atoms with Crippen LogP contribution in [0.25, 0.3) is 11.0 Å². The van der Waals surface area contributed by atoms with Crippen LogP contribution in [0.5, 0.6) is 5.75 Å². The number of aromatic nitrogens is 4. The summed E-state index contributed by atoms with van der Waals surface area (Å²) >= 11 is 0. The molecule has 0 fully saturated rings. The van der Waals surface area contributed by atoms with Gasteiger partial charge >= 0.3 is 6.36 Å². The van der Waals surface area contributed by atoms with Crippen molar-refractivity contribution >= 4 is 17.0 Å². The van der Waals surface area contributed by atoms with Crippen molar-refractivity contribution in [3.63, 3.8) is 0 Å². The van der Waals surface area contributed by atoms with Gasteiger partial charge in [0.1, 0.15) is 11.4 Å². The van der Waals surface area contributed by atoms with Gasteiger partial charge in [-0.3, -0.25) is 0 Å². The molecule has 0 saturated heterocycles. The van der Waals surface area contributed by atoms with Crippen LogP contribution in [0.15, 0.2) is 55.1 Å². The molecule has 30 heavy (non-hydrogen) atoms. The molecule has 0 aliphatic rings. The van der Waals surface area contributed by atoms with E-state index in [4.69, 9.17) is 0 Å². The van der Waals surface area contributed by atoms with Gasteiger partial charge in [0.25, 0.3) is 0 Å². The van der Waals surface area contributed by atoms with Gasteiger partial charge in [-0.05, 0) is 47.4 Å². The molecule has 0 aliphatic carbocycles. The Morgan fingerprint density at radius 3 is 2.60 bits per heavy atom. The minimum atomic E-state index is -4.72. The SMILES string of the molecule is Cc1cnc2[nH]cc(Cc3cnc(NCc4cccc(OC(F)(F)F)c4)nc3)c2c1. The lowest BCUT2D eigenvalue weighted by Crippen LogP contribution is -2.17. The average molecular weight is 413 g/mol. The van der Waals surface area contributed by atoms with Crippen molar-refractivity contribution in [3.05, 3.63) is 77.4 Å². The van der Waals surface area contributed by atoms with Gasteiger partial charge in [0.15, 0.2) is 0 Å². The van der Waals surface area contributed by atoms with Gasteiger partial charge in [-0.1, -0.05) is 12.1 Å². The molecule has 0 saturated carbocycles. The topological polar surface area (TPSA) is 75.7 Å². The molecule has 1 aromatic carbocycles. The molecule has 0 atom stereocenters. The van der Waals surface area contributed by atoms with Crippen LogP contribution in [-0.4, -0.2) is 26.3 Å². The summed E-state index contributed by atoms with van der Waals surface area (Å²) in [5.74, 6) is 0.124. The summed E-state index contributed by atoms with van der Waals surface area (Å²) in [7, 11) is 0. The number of nitrogens with one attached hydrogen (secondary N) is 2. The largest absolute Gasteiger partial charge is 0.573 e. The van der Waals surface area contributed by atoms with Crippen molar-refractivity contribution in [2.75, 3.05) is 5.32 Å². The smallest absolute Gasteiger partial charge is 0.406 e. The molecule has 6 nitrogen and oxygen atoms in total. The number of aryl methyl sites for hydroxylation is 1. The Balaban J connectivity index is 1.39. The Bertz CT molecular complexity index is 1160. The summed E-state index contributed by atoms with van der Waals surface area (Å²) in [5, 5.41) is 4.07. The van der Waals surface area contributed by atoms with Gasteiger partial charge in [0.05, 0.1) is 0 Å². The number of pyridine rings is 1. The standard InChI is InChI=1S/C21H18F3N5O/c1-13-5-18-16(12-26-19(18)25-8-13)6-15-10-28-20(29-11-15)27-9-14-3-2-4-17(7-14)30-21(22,23)24/h2-5,7-8,10-12H,6,9H2,1H3,(H,25,26)(H,27,28,29). The van der Waals surface area contributed by atoms with Gasteiger partial charge < -0.3 is 15.0 Å². The molecule has 0 aliphatic heterocycles. The Kier molecular flexibility index (Phi) is 5.26. The first-order valence-electron chi connectivity index (χ1n) is 9.18. The third kappa shape index (κ3) is 4.86. The zero-order valence-electron chi connectivity index (χ0n) is 16.0. The zero-order chi connectivity index (χ0) is 21.1. The monoisotopic (exact) mass is 413 g/mol. The summed E-state index contributed by atoms with van der Waals surface area (Å²) in [5.41, 5.74) is 4.58. The van der Waals surface area contributed by atoms with Gasteiger partial charge in [0, 0.05) is 43.1 Å².